The maximum atomic E-state index is 13.2. The van der Waals surface area contributed by atoms with Gasteiger partial charge in [-0.15, -0.1) is 0 Å². The van der Waals surface area contributed by atoms with Crippen molar-refractivity contribution in [2.24, 2.45) is 0 Å². The van der Waals surface area contributed by atoms with Crippen molar-refractivity contribution in [3.8, 4) is 0 Å². The van der Waals surface area contributed by atoms with Gasteiger partial charge in [0.15, 0.2) is 0 Å². The molecule has 0 radical (unpaired) electrons. The molecule has 3 rings (SSSR count). The predicted molar refractivity (Wildman–Crippen MR) is 102 cm³/mol. The highest BCUT2D eigenvalue weighted by molar-refractivity contribution is 7.89. The topological polar surface area (TPSA) is 80.8 Å². The highest BCUT2D eigenvalue weighted by atomic mass is 32.2. The number of esters is 1. The first-order chi connectivity index (χ1) is 12.8. The fraction of sp³-hybridized carbons (Fsp3) is 0.263. The summed E-state index contributed by atoms with van der Waals surface area (Å²) in [5.41, 5.74) is 1.72. The van der Waals surface area contributed by atoms with E-state index in [9.17, 15) is 18.0 Å². The molecular weight excluding hydrogens is 386 g/mol. The zero-order valence-corrected chi connectivity index (χ0v) is 16.5. The van der Waals surface area contributed by atoms with Gasteiger partial charge in [-0.3, -0.25) is 4.79 Å². The summed E-state index contributed by atoms with van der Waals surface area (Å²) < 4.78 is 32.2. The minimum atomic E-state index is -4.07. The molecule has 1 aliphatic heterocycles. The molecule has 0 N–H and O–H groups in total. The summed E-state index contributed by atoms with van der Waals surface area (Å²) in [4.78, 5) is 25.0. The van der Waals surface area contributed by atoms with Crippen molar-refractivity contribution >= 4 is 33.2 Å². The molecule has 27 heavy (non-hydrogen) atoms. The molecule has 0 saturated carbocycles. The standard InChI is InChI=1S/C19H19NO5S2/c1-3-25-19(22)15-10-17(14-8-9-26-12-14)20(18(21)11-15)27(23,24)16-6-4-13(2)5-7-16/h4-10,12,17H,3,11H2,1-2H3. The Morgan fingerprint density at radius 1 is 1.26 bits per heavy atom. The third-order valence-electron chi connectivity index (χ3n) is 4.20. The van der Waals surface area contributed by atoms with E-state index in [1.54, 1.807) is 35.9 Å². The van der Waals surface area contributed by atoms with E-state index >= 15 is 0 Å². The van der Waals surface area contributed by atoms with Crippen molar-refractivity contribution in [2.75, 3.05) is 6.61 Å². The van der Waals surface area contributed by atoms with Crippen LogP contribution in [0.3, 0.4) is 0 Å². The highest BCUT2D eigenvalue weighted by Crippen LogP contribution is 2.36. The monoisotopic (exact) mass is 405 g/mol. The van der Waals surface area contributed by atoms with Crippen LogP contribution >= 0.6 is 11.3 Å². The number of hydrogen-bond donors (Lipinski definition) is 0. The molecule has 142 valence electrons. The van der Waals surface area contributed by atoms with Crippen molar-refractivity contribution in [2.45, 2.75) is 31.2 Å². The molecule has 6 nitrogen and oxygen atoms in total. The molecule has 1 atom stereocenters. The zero-order valence-electron chi connectivity index (χ0n) is 14.9. The van der Waals surface area contributed by atoms with Crippen molar-refractivity contribution in [3.63, 3.8) is 0 Å². The van der Waals surface area contributed by atoms with Gasteiger partial charge in [0.1, 0.15) is 0 Å². The van der Waals surface area contributed by atoms with E-state index in [4.69, 9.17) is 4.74 Å². The number of rotatable bonds is 5. The number of sulfonamides is 1. The predicted octanol–water partition coefficient (Wildman–Crippen LogP) is 3.21. The van der Waals surface area contributed by atoms with Crippen LogP contribution in [-0.4, -0.2) is 31.2 Å². The van der Waals surface area contributed by atoms with Crippen LogP contribution < -0.4 is 0 Å². The van der Waals surface area contributed by atoms with E-state index in [-0.39, 0.29) is 23.5 Å². The van der Waals surface area contributed by atoms with Gasteiger partial charge in [-0.1, -0.05) is 17.7 Å². The molecule has 1 unspecified atom stereocenters. The first kappa shape index (κ1) is 19.3. The van der Waals surface area contributed by atoms with Gasteiger partial charge < -0.3 is 4.74 Å². The van der Waals surface area contributed by atoms with Crippen LogP contribution in [0, 0.1) is 6.92 Å². The van der Waals surface area contributed by atoms with Crippen LogP contribution in [0.2, 0.25) is 0 Å². The summed E-state index contributed by atoms with van der Waals surface area (Å²) in [6.45, 7) is 3.71. The van der Waals surface area contributed by atoms with Gasteiger partial charge in [0.2, 0.25) is 5.91 Å². The lowest BCUT2D eigenvalue weighted by molar-refractivity contribution is -0.140. The van der Waals surface area contributed by atoms with Crippen LogP contribution in [0.15, 0.2) is 57.6 Å². The van der Waals surface area contributed by atoms with Gasteiger partial charge in [-0.05, 0) is 54.4 Å². The molecule has 1 aromatic carbocycles. The summed E-state index contributed by atoms with van der Waals surface area (Å²) in [6.07, 6.45) is 1.19. The molecule has 0 aliphatic carbocycles. The van der Waals surface area contributed by atoms with Crippen molar-refractivity contribution in [1.82, 2.24) is 4.31 Å². The second-order valence-corrected chi connectivity index (χ2v) is 8.69. The number of amides is 1. The van der Waals surface area contributed by atoms with E-state index in [1.807, 2.05) is 6.92 Å². The van der Waals surface area contributed by atoms with E-state index in [0.29, 0.717) is 5.56 Å². The van der Waals surface area contributed by atoms with Gasteiger partial charge in [-0.25, -0.2) is 17.5 Å². The van der Waals surface area contributed by atoms with E-state index in [1.165, 1.54) is 29.5 Å². The Morgan fingerprint density at radius 3 is 2.56 bits per heavy atom. The van der Waals surface area contributed by atoms with Crippen LogP contribution in [0.25, 0.3) is 0 Å². The number of carbonyl (C=O) groups excluding carboxylic acids is 2. The molecule has 0 bridgehead atoms. The number of carbonyl (C=O) groups is 2. The van der Waals surface area contributed by atoms with Crippen molar-refractivity contribution in [1.29, 1.82) is 0 Å². The lowest BCUT2D eigenvalue weighted by Crippen LogP contribution is -2.42. The van der Waals surface area contributed by atoms with E-state index < -0.39 is 27.9 Å². The Kier molecular flexibility index (Phi) is 5.48. The Morgan fingerprint density at radius 2 is 1.96 bits per heavy atom. The normalized spacial score (nSPS) is 17.6. The Labute approximate surface area is 162 Å². The quantitative estimate of drug-likeness (QED) is 0.714. The summed E-state index contributed by atoms with van der Waals surface area (Å²) in [6, 6.07) is 7.18. The average molecular weight is 405 g/mol. The SMILES string of the molecule is CCOC(=O)C1=CC(c2ccsc2)N(S(=O)(=O)c2ccc(C)cc2)C(=O)C1. The molecular formula is C19H19NO5S2. The minimum absolute atomic E-state index is 0.0367. The van der Waals surface area contributed by atoms with Crippen LogP contribution in [0.4, 0.5) is 0 Å². The van der Waals surface area contributed by atoms with Crippen molar-refractivity contribution in [3.05, 3.63) is 63.9 Å². The van der Waals surface area contributed by atoms with Gasteiger partial charge in [0.25, 0.3) is 10.0 Å². The first-order valence-electron chi connectivity index (χ1n) is 8.38. The van der Waals surface area contributed by atoms with Crippen molar-refractivity contribution < 1.29 is 22.7 Å². The van der Waals surface area contributed by atoms with Crippen LogP contribution in [0.1, 0.15) is 30.5 Å². The molecule has 1 aliphatic rings. The maximum absolute atomic E-state index is 13.2. The summed E-state index contributed by atoms with van der Waals surface area (Å²) >= 11 is 1.39. The zero-order chi connectivity index (χ0) is 19.6. The van der Waals surface area contributed by atoms with E-state index in [0.717, 1.165) is 9.87 Å². The summed E-state index contributed by atoms with van der Waals surface area (Å²) in [5, 5.41) is 3.56. The smallest absolute Gasteiger partial charge is 0.334 e. The molecule has 2 heterocycles. The number of benzene rings is 1. The van der Waals surface area contributed by atoms with Gasteiger partial charge >= 0.3 is 5.97 Å². The van der Waals surface area contributed by atoms with Gasteiger partial charge in [0, 0.05) is 5.57 Å². The maximum Gasteiger partial charge on any atom is 0.334 e. The fourth-order valence-electron chi connectivity index (χ4n) is 2.86. The third kappa shape index (κ3) is 3.81. The third-order valence-corrected chi connectivity index (χ3v) is 6.72. The highest BCUT2D eigenvalue weighted by Gasteiger charge is 2.40. The second kappa shape index (κ2) is 7.66. The second-order valence-electron chi connectivity index (χ2n) is 6.10. The van der Waals surface area contributed by atoms with E-state index in [2.05, 4.69) is 0 Å². The first-order valence-corrected chi connectivity index (χ1v) is 10.8. The molecule has 2 aromatic rings. The van der Waals surface area contributed by atoms with Gasteiger partial charge in [0.05, 0.1) is 24.0 Å². The number of ether oxygens (including phenoxy) is 1. The molecule has 0 saturated heterocycles. The summed E-state index contributed by atoms with van der Waals surface area (Å²) in [5.74, 6) is -1.25. The van der Waals surface area contributed by atoms with Gasteiger partial charge in [-0.2, -0.15) is 11.3 Å². The molecule has 1 amide bonds. The Hall–Kier alpha value is -2.45. The lowest BCUT2D eigenvalue weighted by atomic mass is 10.00. The molecule has 1 aromatic heterocycles. The number of thiophene rings is 1. The Bertz CT molecular complexity index is 976. The lowest BCUT2D eigenvalue weighted by Gasteiger charge is -2.32. The minimum Gasteiger partial charge on any atom is -0.463 e. The fourth-order valence-corrected chi connectivity index (χ4v) is 5.07. The Balaban J connectivity index is 2.09. The summed E-state index contributed by atoms with van der Waals surface area (Å²) in [7, 11) is -4.07. The van der Waals surface area contributed by atoms with Crippen LogP contribution in [-0.2, 0) is 24.3 Å². The molecule has 0 fully saturated rings. The largest absolute Gasteiger partial charge is 0.463 e. The number of hydrogen-bond acceptors (Lipinski definition) is 6. The number of aryl methyl sites for hydroxylation is 1. The average Bonchev–Trinajstić information content (AvgIpc) is 3.16. The molecule has 0 spiro atoms. The number of nitrogens with zero attached hydrogens (tertiary/aromatic N) is 1. The van der Waals surface area contributed by atoms with Crippen LogP contribution in [0.5, 0.6) is 0 Å². The molecule has 8 heteroatoms.